The summed E-state index contributed by atoms with van der Waals surface area (Å²) in [5, 5.41) is 6.78. The van der Waals surface area contributed by atoms with Crippen LogP contribution in [0.1, 0.15) is 102 Å². The molecule has 0 saturated heterocycles. The van der Waals surface area contributed by atoms with Crippen molar-refractivity contribution < 1.29 is 4.79 Å². The molecule has 0 aromatic heterocycles. The average molecular weight is 423 g/mol. The fraction of sp³-hybridized carbons (Fsp3) is 0.720. The number of carbonyl (C=O) groups excluding carboxylic acids is 1. The van der Waals surface area contributed by atoms with Crippen LogP contribution in [0.25, 0.3) is 0 Å². The fourth-order valence-electron chi connectivity index (χ4n) is 3.52. The molecule has 3 nitrogen and oxygen atoms in total. The summed E-state index contributed by atoms with van der Waals surface area (Å²) in [6.07, 6.45) is 19.1. The first kappa shape index (κ1) is 26.0. The fourth-order valence-corrected chi connectivity index (χ4v) is 3.70. The Labute approximate surface area is 184 Å². The summed E-state index contributed by atoms with van der Waals surface area (Å²) in [6.45, 7) is 5.48. The molecule has 0 atom stereocenters. The topological polar surface area (TPSA) is 41.1 Å². The number of hydrogen-bond acceptors (Lipinski definition) is 2. The summed E-state index contributed by atoms with van der Waals surface area (Å²) in [6, 6.07) is 5.59. The highest BCUT2D eigenvalue weighted by Gasteiger charge is 2.03. The molecule has 0 unspecified atom stereocenters. The molecule has 166 valence electrons. The molecule has 0 spiro atoms. The van der Waals surface area contributed by atoms with Crippen molar-refractivity contribution in [2.24, 2.45) is 0 Å². The van der Waals surface area contributed by atoms with Crippen LogP contribution in [0.15, 0.2) is 18.2 Å². The van der Waals surface area contributed by atoms with Gasteiger partial charge in [0.15, 0.2) is 0 Å². The standard InChI is InChI=1S/C25H43ClN2O/c1-3-4-5-6-7-8-9-10-11-12-13-14-15-16-19-27-21-25(29)28-23-18-17-22(2)24(26)20-23/h17-18,20,27H,3-16,19,21H2,1-2H3,(H,28,29). The van der Waals surface area contributed by atoms with Crippen molar-refractivity contribution in [1.82, 2.24) is 5.32 Å². The lowest BCUT2D eigenvalue weighted by Gasteiger charge is -2.08. The minimum Gasteiger partial charge on any atom is -0.325 e. The highest BCUT2D eigenvalue weighted by molar-refractivity contribution is 6.31. The summed E-state index contributed by atoms with van der Waals surface area (Å²) >= 11 is 6.08. The van der Waals surface area contributed by atoms with Crippen molar-refractivity contribution in [1.29, 1.82) is 0 Å². The lowest BCUT2D eigenvalue weighted by atomic mass is 10.0. The second kappa shape index (κ2) is 17.8. The zero-order valence-corrected chi connectivity index (χ0v) is 19.6. The molecular formula is C25H43ClN2O. The molecule has 0 aliphatic carbocycles. The molecule has 0 radical (unpaired) electrons. The van der Waals surface area contributed by atoms with Gasteiger partial charge in [-0.05, 0) is 37.6 Å². The van der Waals surface area contributed by atoms with Gasteiger partial charge in [-0.3, -0.25) is 4.79 Å². The van der Waals surface area contributed by atoms with Gasteiger partial charge in [0.05, 0.1) is 6.54 Å². The molecule has 0 aliphatic rings. The number of benzene rings is 1. The van der Waals surface area contributed by atoms with Crippen LogP contribution in [0.5, 0.6) is 0 Å². The molecule has 2 N–H and O–H groups in total. The Morgan fingerprint density at radius 3 is 1.86 bits per heavy atom. The van der Waals surface area contributed by atoms with E-state index in [1.54, 1.807) is 6.07 Å². The number of amides is 1. The molecule has 1 aromatic rings. The maximum atomic E-state index is 11.9. The number of unbranched alkanes of at least 4 members (excludes halogenated alkanes) is 13. The van der Waals surface area contributed by atoms with Crippen LogP contribution in [-0.4, -0.2) is 19.0 Å². The Hall–Kier alpha value is -1.06. The Kier molecular flexibility index (Phi) is 15.9. The number of aryl methyl sites for hydroxylation is 1. The van der Waals surface area contributed by atoms with Crippen LogP contribution in [-0.2, 0) is 4.79 Å². The maximum absolute atomic E-state index is 11.9. The molecule has 1 aromatic carbocycles. The van der Waals surface area contributed by atoms with E-state index >= 15 is 0 Å². The Morgan fingerprint density at radius 1 is 0.828 bits per heavy atom. The van der Waals surface area contributed by atoms with E-state index in [2.05, 4.69) is 17.6 Å². The molecule has 0 bridgehead atoms. The first-order valence-electron chi connectivity index (χ1n) is 11.9. The summed E-state index contributed by atoms with van der Waals surface area (Å²) in [5.74, 6) is -0.0183. The largest absolute Gasteiger partial charge is 0.325 e. The van der Waals surface area contributed by atoms with E-state index in [9.17, 15) is 4.79 Å². The van der Waals surface area contributed by atoms with E-state index in [-0.39, 0.29) is 5.91 Å². The van der Waals surface area contributed by atoms with Gasteiger partial charge in [-0.15, -0.1) is 0 Å². The highest BCUT2D eigenvalue weighted by Crippen LogP contribution is 2.19. The molecule has 0 heterocycles. The Bertz CT molecular complexity index is 548. The van der Waals surface area contributed by atoms with Crippen LogP contribution in [0, 0.1) is 6.92 Å². The lowest BCUT2D eigenvalue weighted by Crippen LogP contribution is -2.28. The third-order valence-corrected chi connectivity index (χ3v) is 5.86. The predicted molar refractivity (Wildman–Crippen MR) is 128 cm³/mol. The normalized spacial score (nSPS) is 11.0. The first-order chi connectivity index (χ1) is 14.1. The van der Waals surface area contributed by atoms with E-state index < -0.39 is 0 Å². The molecule has 1 rings (SSSR count). The molecule has 4 heteroatoms. The number of rotatable bonds is 18. The number of carbonyl (C=O) groups is 1. The van der Waals surface area contributed by atoms with Crippen LogP contribution in [0.3, 0.4) is 0 Å². The van der Waals surface area contributed by atoms with Crippen molar-refractivity contribution >= 4 is 23.2 Å². The van der Waals surface area contributed by atoms with Gasteiger partial charge < -0.3 is 10.6 Å². The number of halogens is 1. The average Bonchev–Trinajstić information content (AvgIpc) is 2.70. The number of hydrogen-bond donors (Lipinski definition) is 2. The van der Waals surface area contributed by atoms with Gasteiger partial charge in [-0.2, -0.15) is 0 Å². The van der Waals surface area contributed by atoms with Crippen LogP contribution in [0.2, 0.25) is 5.02 Å². The number of nitrogens with one attached hydrogen (secondary N) is 2. The second-order valence-electron chi connectivity index (χ2n) is 8.29. The van der Waals surface area contributed by atoms with E-state index in [4.69, 9.17) is 11.6 Å². The van der Waals surface area contributed by atoms with Gasteiger partial charge in [0.25, 0.3) is 0 Å². The van der Waals surface area contributed by atoms with Crippen molar-refractivity contribution in [3.05, 3.63) is 28.8 Å². The summed E-state index contributed by atoms with van der Waals surface area (Å²) in [7, 11) is 0. The van der Waals surface area contributed by atoms with Gasteiger partial charge in [-0.25, -0.2) is 0 Å². The molecule has 1 amide bonds. The van der Waals surface area contributed by atoms with E-state index in [1.165, 1.54) is 83.5 Å². The van der Waals surface area contributed by atoms with Crippen molar-refractivity contribution in [3.63, 3.8) is 0 Å². The van der Waals surface area contributed by atoms with Gasteiger partial charge in [0.2, 0.25) is 5.91 Å². The van der Waals surface area contributed by atoms with Gasteiger partial charge in [0, 0.05) is 10.7 Å². The van der Waals surface area contributed by atoms with Crippen molar-refractivity contribution in [3.8, 4) is 0 Å². The minimum atomic E-state index is -0.0183. The Balaban J connectivity index is 1.84. The third-order valence-electron chi connectivity index (χ3n) is 5.45. The SMILES string of the molecule is CCCCCCCCCCCCCCCCNCC(=O)Nc1ccc(C)c(Cl)c1. The van der Waals surface area contributed by atoms with Gasteiger partial charge in [-0.1, -0.05) is 108 Å². The quantitative estimate of drug-likeness (QED) is 0.238. The summed E-state index contributed by atoms with van der Waals surface area (Å²) < 4.78 is 0. The monoisotopic (exact) mass is 422 g/mol. The molecule has 0 aliphatic heterocycles. The van der Waals surface area contributed by atoms with Crippen LogP contribution >= 0.6 is 11.6 Å². The molecule has 0 fully saturated rings. The summed E-state index contributed by atoms with van der Waals surface area (Å²) in [5.41, 5.74) is 1.77. The van der Waals surface area contributed by atoms with Crippen molar-refractivity contribution in [2.75, 3.05) is 18.4 Å². The molecule has 0 saturated carbocycles. The van der Waals surface area contributed by atoms with E-state index in [0.717, 1.165) is 24.2 Å². The second-order valence-corrected chi connectivity index (χ2v) is 8.69. The minimum absolute atomic E-state index is 0.0183. The maximum Gasteiger partial charge on any atom is 0.238 e. The van der Waals surface area contributed by atoms with Gasteiger partial charge in [0.1, 0.15) is 0 Å². The highest BCUT2D eigenvalue weighted by atomic mass is 35.5. The zero-order valence-electron chi connectivity index (χ0n) is 18.8. The summed E-state index contributed by atoms with van der Waals surface area (Å²) in [4.78, 5) is 11.9. The lowest BCUT2D eigenvalue weighted by molar-refractivity contribution is -0.115. The Morgan fingerprint density at radius 2 is 1.34 bits per heavy atom. The third kappa shape index (κ3) is 14.5. The van der Waals surface area contributed by atoms with Gasteiger partial charge >= 0.3 is 0 Å². The zero-order chi connectivity index (χ0) is 21.2. The molecular weight excluding hydrogens is 380 g/mol. The smallest absolute Gasteiger partial charge is 0.238 e. The first-order valence-corrected chi connectivity index (χ1v) is 12.3. The number of anilines is 1. The molecule has 29 heavy (non-hydrogen) atoms. The van der Waals surface area contributed by atoms with Crippen LogP contribution in [0.4, 0.5) is 5.69 Å². The predicted octanol–water partition coefficient (Wildman–Crippen LogP) is 7.66. The van der Waals surface area contributed by atoms with Crippen LogP contribution < -0.4 is 10.6 Å². The van der Waals surface area contributed by atoms with E-state index in [1.807, 2.05) is 19.1 Å². The van der Waals surface area contributed by atoms with E-state index in [0.29, 0.717) is 11.6 Å². The van der Waals surface area contributed by atoms with Crippen molar-refractivity contribution in [2.45, 2.75) is 104 Å².